The Balaban J connectivity index is 1.83. The molecule has 1 aromatic carbocycles. The van der Waals surface area contributed by atoms with Crippen molar-refractivity contribution in [3.8, 4) is 5.88 Å². The van der Waals surface area contributed by atoms with Gasteiger partial charge in [-0.2, -0.15) is 0 Å². The summed E-state index contributed by atoms with van der Waals surface area (Å²) >= 11 is 3.29. The summed E-state index contributed by atoms with van der Waals surface area (Å²) in [6.07, 6.45) is 0. The lowest BCUT2D eigenvalue weighted by atomic mass is 10.3. The lowest BCUT2D eigenvalue weighted by molar-refractivity contribution is 0.248. The van der Waals surface area contributed by atoms with Crippen molar-refractivity contribution in [3.05, 3.63) is 47.1 Å². The number of nitrogens with one attached hydrogen (secondary N) is 1. The second-order valence-corrected chi connectivity index (χ2v) is 5.07. The fourth-order valence-corrected chi connectivity index (χ4v) is 2.29. The molecule has 0 saturated carbocycles. The molecule has 0 spiro atoms. The molecule has 0 atom stereocenters. The van der Waals surface area contributed by atoms with Crippen LogP contribution in [0.5, 0.6) is 5.88 Å². The lowest BCUT2D eigenvalue weighted by Crippen LogP contribution is -2.41. The van der Waals surface area contributed by atoms with Crippen LogP contribution >= 0.6 is 15.9 Å². The highest BCUT2D eigenvalue weighted by atomic mass is 79.9. The van der Waals surface area contributed by atoms with Gasteiger partial charge in [-0.3, -0.25) is 4.90 Å². The zero-order chi connectivity index (χ0) is 13.9. The van der Waals surface area contributed by atoms with Crippen LogP contribution in [-0.2, 0) is 0 Å². The maximum absolute atomic E-state index is 12.3. The Morgan fingerprint density at radius 3 is 2.85 bits per heavy atom. The van der Waals surface area contributed by atoms with E-state index in [1.165, 1.54) is 0 Å². The molecule has 2 amide bonds. The number of amides is 2. The van der Waals surface area contributed by atoms with Crippen LogP contribution in [0.3, 0.4) is 0 Å². The molecule has 20 heavy (non-hydrogen) atoms. The minimum absolute atomic E-state index is 0.190. The molecule has 1 aliphatic heterocycles. The third kappa shape index (κ3) is 2.60. The number of pyridine rings is 1. The predicted molar refractivity (Wildman–Crippen MR) is 80.2 cm³/mol. The summed E-state index contributed by atoms with van der Waals surface area (Å²) in [5, 5.41) is 2.86. The summed E-state index contributed by atoms with van der Waals surface area (Å²) in [6.45, 7) is 0.924. The van der Waals surface area contributed by atoms with Gasteiger partial charge in [0.05, 0.1) is 6.54 Å². The van der Waals surface area contributed by atoms with Gasteiger partial charge in [0.2, 0.25) is 5.88 Å². The van der Waals surface area contributed by atoms with Gasteiger partial charge in [0.1, 0.15) is 16.9 Å². The van der Waals surface area contributed by atoms with E-state index in [4.69, 9.17) is 4.74 Å². The maximum atomic E-state index is 12.3. The van der Waals surface area contributed by atoms with Crippen LogP contribution in [0.1, 0.15) is 0 Å². The minimum atomic E-state index is -0.190. The summed E-state index contributed by atoms with van der Waals surface area (Å²) in [5.74, 6) is 0.467. The van der Waals surface area contributed by atoms with E-state index in [2.05, 4.69) is 26.2 Å². The van der Waals surface area contributed by atoms with Gasteiger partial charge in [0.15, 0.2) is 0 Å². The van der Waals surface area contributed by atoms with Gasteiger partial charge < -0.3 is 10.1 Å². The second-order valence-electron chi connectivity index (χ2n) is 4.25. The molecule has 0 fully saturated rings. The third-order valence-corrected chi connectivity index (χ3v) is 3.36. The average molecular weight is 334 g/mol. The number of hydrogen-bond donors (Lipinski definition) is 1. The van der Waals surface area contributed by atoms with E-state index in [0.717, 1.165) is 5.69 Å². The number of hydrogen-bond acceptors (Lipinski definition) is 3. The van der Waals surface area contributed by atoms with Crippen molar-refractivity contribution in [2.45, 2.75) is 0 Å². The first kappa shape index (κ1) is 12.9. The smallest absolute Gasteiger partial charge is 0.326 e. The van der Waals surface area contributed by atoms with Crippen molar-refractivity contribution in [1.29, 1.82) is 0 Å². The van der Waals surface area contributed by atoms with E-state index in [1.807, 2.05) is 36.4 Å². The molecule has 1 N–H and O–H groups in total. The van der Waals surface area contributed by atoms with Gasteiger partial charge in [0.25, 0.3) is 0 Å². The van der Waals surface area contributed by atoms with E-state index < -0.39 is 0 Å². The molecule has 6 heteroatoms. The molecule has 0 saturated heterocycles. The Bertz CT molecular complexity index is 634. The van der Waals surface area contributed by atoms with Gasteiger partial charge in [-0.05, 0) is 40.2 Å². The van der Waals surface area contributed by atoms with Gasteiger partial charge in [-0.1, -0.05) is 18.2 Å². The Kier molecular flexibility index (Phi) is 3.56. The molecule has 2 heterocycles. The molecule has 2 aromatic rings. The molecule has 3 rings (SSSR count). The topological polar surface area (TPSA) is 54.5 Å². The van der Waals surface area contributed by atoms with Crippen molar-refractivity contribution >= 4 is 33.3 Å². The van der Waals surface area contributed by atoms with Crippen LogP contribution in [0.15, 0.2) is 47.1 Å². The Hall–Kier alpha value is -2.08. The summed E-state index contributed by atoms with van der Waals surface area (Å²) in [4.78, 5) is 18.2. The van der Waals surface area contributed by atoms with Crippen LogP contribution in [0, 0.1) is 0 Å². The first-order valence-corrected chi connectivity index (χ1v) is 6.96. The normalized spacial score (nSPS) is 13.3. The molecule has 1 aliphatic rings. The standard InChI is InChI=1S/C14H12BrN3O2/c15-12-7-6-11-13(17-12)20-9-8-18(11)14(19)16-10-4-2-1-3-5-10/h1-7H,8-9H2,(H,16,19). The van der Waals surface area contributed by atoms with E-state index in [-0.39, 0.29) is 6.03 Å². The van der Waals surface area contributed by atoms with Gasteiger partial charge in [-0.15, -0.1) is 0 Å². The number of ether oxygens (including phenoxy) is 1. The quantitative estimate of drug-likeness (QED) is 0.815. The number of carbonyl (C=O) groups excluding carboxylic acids is 1. The van der Waals surface area contributed by atoms with E-state index in [1.54, 1.807) is 11.0 Å². The molecule has 102 valence electrons. The van der Waals surface area contributed by atoms with Crippen LogP contribution < -0.4 is 15.0 Å². The number of rotatable bonds is 1. The largest absolute Gasteiger partial charge is 0.474 e. The summed E-state index contributed by atoms with van der Waals surface area (Å²) in [7, 11) is 0. The highest BCUT2D eigenvalue weighted by molar-refractivity contribution is 9.10. The number of benzene rings is 1. The molecule has 1 aromatic heterocycles. The van der Waals surface area contributed by atoms with E-state index in [9.17, 15) is 4.79 Å². The average Bonchev–Trinajstić information content (AvgIpc) is 2.47. The molecule has 0 aliphatic carbocycles. The monoisotopic (exact) mass is 333 g/mol. The summed E-state index contributed by atoms with van der Waals surface area (Å²) in [6, 6.07) is 12.8. The predicted octanol–water partition coefficient (Wildman–Crippen LogP) is 3.28. The zero-order valence-corrected chi connectivity index (χ0v) is 12.1. The Morgan fingerprint density at radius 1 is 1.25 bits per heavy atom. The number of halogens is 1. The number of aromatic nitrogens is 1. The SMILES string of the molecule is O=C(Nc1ccccc1)N1CCOc2nc(Br)ccc21. The molecule has 5 nitrogen and oxygen atoms in total. The number of fused-ring (bicyclic) bond motifs is 1. The lowest BCUT2D eigenvalue weighted by Gasteiger charge is -2.28. The highest BCUT2D eigenvalue weighted by Crippen LogP contribution is 2.31. The molecule has 0 bridgehead atoms. The minimum Gasteiger partial charge on any atom is -0.474 e. The summed E-state index contributed by atoms with van der Waals surface area (Å²) in [5.41, 5.74) is 1.43. The van der Waals surface area contributed by atoms with Crippen molar-refractivity contribution in [2.75, 3.05) is 23.4 Å². The molecular weight excluding hydrogens is 322 g/mol. The Morgan fingerprint density at radius 2 is 2.05 bits per heavy atom. The first-order valence-electron chi connectivity index (χ1n) is 6.17. The van der Waals surface area contributed by atoms with Gasteiger partial charge in [-0.25, -0.2) is 9.78 Å². The van der Waals surface area contributed by atoms with Gasteiger partial charge in [0, 0.05) is 5.69 Å². The Labute approximate surface area is 124 Å². The van der Waals surface area contributed by atoms with Crippen LogP contribution in [0.4, 0.5) is 16.2 Å². The number of anilines is 2. The molecule has 0 radical (unpaired) electrons. The number of nitrogens with zero attached hydrogens (tertiary/aromatic N) is 2. The fraction of sp³-hybridized carbons (Fsp3) is 0.143. The van der Waals surface area contributed by atoms with Crippen molar-refractivity contribution in [3.63, 3.8) is 0 Å². The number of para-hydroxylation sites is 1. The van der Waals surface area contributed by atoms with E-state index >= 15 is 0 Å². The van der Waals surface area contributed by atoms with Crippen molar-refractivity contribution in [1.82, 2.24) is 4.98 Å². The summed E-state index contributed by atoms with van der Waals surface area (Å²) < 4.78 is 6.15. The second kappa shape index (κ2) is 5.50. The number of urea groups is 1. The van der Waals surface area contributed by atoms with E-state index in [0.29, 0.717) is 29.3 Å². The van der Waals surface area contributed by atoms with Crippen LogP contribution in [0.2, 0.25) is 0 Å². The van der Waals surface area contributed by atoms with Gasteiger partial charge >= 0.3 is 6.03 Å². The van der Waals surface area contributed by atoms with Crippen molar-refractivity contribution < 1.29 is 9.53 Å². The zero-order valence-electron chi connectivity index (χ0n) is 10.5. The highest BCUT2D eigenvalue weighted by Gasteiger charge is 2.24. The molecule has 0 unspecified atom stereocenters. The van der Waals surface area contributed by atoms with Crippen LogP contribution in [-0.4, -0.2) is 24.2 Å². The molecular formula is C14H12BrN3O2. The number of carbonyl (C=O) groups is 1. The first-order chi connectivity index (χ1) is 9.74. The third-order valence-electron chi connectivity index (χ3n) is 2.92. The van der Waals surface area contributed by atoms with Crippen LogP contribution in [0.25, 0.3) is 0 Å². The maximum Gasteiger partial charge on any atom is 0.326 e. The van der Waals surface area contributed by atoms with Crippen molar-refractivity contribution in [2.24, 2.45) is 0 Å². The fourth-order valence-electron chi connectivity index (χ4n) is 2.00.